The second-order valence-corrected chi connectivity index (χ2v) is 5.04. The number of fused-ring (bicyclic) bond motifs is 1. The van der Waals surface area contributed by atoms with Crippen molar-refractivity contribution in [3.63, 3.8) is 0 Å². The summed E-state index contributed by atoms with van der Waals surface area (Å²) in [5.74, 6) is 1.27. The van der Waals surface area contributed by atoms with Gasteiger partial charge in [0.1, 0.15) is 0 Å². The van der Waals surface area contributed by atoms with Crippen LogP contribution in [0.5, 0.6) is 11.5 Å². The molecule has 20 heavy (non-hydrogen) atoms. The number of benzene rings is 1. The second-order valence-electron chi connectivity index (χ2n) is 5.04. The smallest absolute Gasteiger partial charge is 0.231 e. The maximum Gasteiger partial charge on any atom is 0.231 e. The fraction of sp³-hybridized carbons (Fsp3) is 0.500. The highest BCUT2D eigenvalue weighted by molar-refractivity contribution is 6.59. The molecule has 0 aromatic heterocycles. The Kier molecular flexibility index (Phi) is 4.24. The Hall–Kier alpha value is -0.895. The molecule has 92 valence electrons. The van der Waals surface area contributed by atoms with Gasteiger partial charge in [0.05, 0.1) is 39.2 Å². The lowest BCUT2D eigenvalue weighted by atomic mass is 9.44. The summed E-state index contributed by atoms with van der Waals surface area (Å²) in [5.41, 5.74) is 0.672. The average Bonchev–Trinajstić information content (AvgIpc) is 2.81. The molecule has 0 saturated heterocycles. The first-order valence-corrected chi connectivity index (χ1v) is 6.36. The van der Waals surface area contributed by atoms with Gasteiger partial charge < -0.3 is 14.8 Å². The van der Waals surface area contributed by atoms with E-state index in [4.69, 9.17) is 48.7 Å². The zero-order valence-corrected chi connectivity index (χ0v) is 11.4. The molecular formula is C12H12B5NO2. The largest absolute Gasteiger partial charge is 0.454 e. The lowest BCUT2D eigenvalue weighted by molar-refractivity contribution is 0.174. The van der Waals surface area contributed by atoms with Gasteiger partial charge in [-0.05, 0) is 24.6 Å². The van der Waals surface area contributed by atoms with Crippen molar-refractivity contribution in [3.05, 3.63) is 23.8 Å². The standard InChI is InChI=1S/C12H12B5NO2/c1-2-10(18-12(15,16)17)11(13,14)7-3-4-8-9(5-7)20-6-19-8/h3-5,10,18H,2,6H2,1H3/t10-/m0/s1. The Morgan fingerprint density at radius 2 is 1.80 bits per heavy atom. The quantitative estimate of drug-likeness (QED) is 0.713. The van der Waals surface area contributed by atoms with Crippen LogP contribution in [0.15, 0.2) is 18.2 Å². The Bertz CT molecular complexity index is 489. The van der Waals surface area contributed by atoms with Gasteiger partial charge in [-0.1, -0.05) is 29.0 Å². The zero-order valence-electron chi connectivity index (χ0n) is 11.4. The molecule has 0 spiro atoms. The third-order valence-electron chi connectivity index (χ3n) is 3.28. The van der Waals surface area contributed by atoms with Crippen LogP contribution in [0.4, 0.5) is 0 Å². The minimum atomic E-state index is -1.55. The first kappa shape index (κ1) is 15.5. The minimum absolute atomic E-state index is 0.188. The average molecular weight is 256 g/mol. The van der Waals surface area contributed by atoms with Gasteiger partial charge >= 0.3 is 0 Å². The van der Waals surface area contributed by atoms with E-state index < -0.39 is 16.5 Å². The fourth-order valence-electron chi connectivity index (χ4n) is 2.23. The van der Waals surface area contributed by atoms with E-state index in [1.165, 1.54) is 0 Å². The molecule has 1 N–H and O–H groups in total. The lowest BCUT2D eigenvalue weighted by Gasteiger charge is -2.41. The molecule has 10 radical (unpaired) electrons. The topological polar surface area (TPSA) is 30.5 Å². The minimum Gasteiger partial charge on any atom is -0.454 e. The summed E-state index contributed by atoms with van der Waals surface area (Å²) in [4.78, 5) is 0. The molecule has 1 heterocycles. The van der Waals surface area contributed by atoms with Crippen molar-refractivity contribution < 1.29 is 9.47 Å². The predicted molar refractivity (Wildman–Crippen MR) is 83.0 cm³/mol. The van der Waals surface area contributed by atoms with Crippen molar-refractivity contribution in [2.24, 2.45) is 0 Å². The molecule has 1 aromatic rings. The van der Waals surface area contributed by atoms with Crippen molar-refractivity contribution >= 4 is 39.2 Å². The van der Waals surface area contributed by atoms with Gasteiger partial charge in [-0.25, -0.2) is 0 Å². The second kappa shape index (κ2) is 5.47. The molecule has 0 amide bonds. The van der Waals surface area contributed by atoms with Crippen molar-refractivity contribution in [2.75, 3.05) is 6.79 Å². The fourth-order valence-corrected chi connectivity index (χ4v) is 2.23. The summed E-state index contributed by atoms with van der Waals surface area (Å²) in [6.45, 7) is 2.10. The highest BCUT2D eigenvalue weighted by Crippen LogP contribution is 2.36. The Morgan fingerprint density at radius 1 is 1.15 bits per heavy atom. The van der Waals surface area contributed by atoms with E-state index in [0.717, 1.165) is 0 Å². The molecule has 0 aliphatic carbocycles. The Labute approximate surface area is 126 Å². The molecule has 0 unspecified atom stereocenters. The monoisotopic (exact) mass is 257 g/mol. The van der Waals surface area contributed by atoms with Crippen LogP contribution < -0.4 is 14.8 Å². The van der Waals surface area contributed by atoms with Crippen LogP contribution in [0.2, 0.25) is 0 Å². The molecule has 0 bridgehead atoms. The summed E-state index contributed by atoms with van der Waals surface area (Å²) in [6.07, 6.45) is 0.592. The molecule has 1 aliphatic heterocycles. The molecular weight excluding hydrogens is 244 g/mol. The van der Waals surface area contributed by atoms with E-state index in [9.17, 15) is 0 Å². The van der Waals surface area contributed by atoms with Crippen molar-refractivity contribution in [2.45, 2.75) is 29.8 Å². The molecule has 1 aliphatic rings. The van der Waals surface area contributed by atoms with E-state index >= 15 is 0 Å². The number of nitrogens with one attached hydrogen (secondary N) is 1. The third kappa shape index (κ3) is 3.22. The van der Waals surface area contributed by atoms with Crippen molar-refractivity contribution in [1.29, 1.82) is 0 Å². The van der Waals surface area contributed by atoms with E-state index in [2.05, 4.69) is 5.32 Å². The first-order valence-electron chi connectivity index (χ1n) is 6.36. The summed E-state index contributed by atoms with van der Waals surface area (Å²) in [6, 6.07) is 4.88. The van der Waals surface area contributed by atoms with E-state index in [1.807, 2.05) is 6.92 Å². The SMILES string of the molecule is [B]C([B])([B])N[C@@H](CC)C([B])([B])c1ccc2c(c1)OCO2. The van der Waals surface area contributed by atoms with Gasteiger partial charge in [-0.3, -0.25) is 0 Å². The molecule has 8 heteroatoms. The van der Waals surface area contributed by atoms with Gasteiger partial charge in [0.2, 0.25) is 6.79 Å². The summed E-state index contributed by atoms with van der Waals surface area (Å²) >= 11 is 0. The van der Waals surface area contributed by atoms with Gasteiger partial charge in [0, 0.05) is 0 Å². The van der Waals surface area contributed by atoms with Gasteiger partial charge in [-0.2, -0.15) is 0 Å². The number of hydrogen-bond donors (Lipinski definition) is 1. The first-order chi connectivity index (χ1) is 9.24. The van der Waals surface area contributed by atoms with Crippen LogP contribution >= 0.6 is 0 Å². The Morgan fingerprint density at radius 3 is 2.40 bits per heavy atom. The number of rotatable bonds is 5. The van der Waals surface area contributed by atoms with Crippen LogP contribution in [0.1, 0.15) is 18.9 Å². The maximum absolute atomic E-state index is 6.25. The van der Waals surface area contributed by atoms with Crippen molar-refractivity contribution in [3.8, 4) is 11.5 Å². The molecule has 1 atom stereocenters. The van der Waals surface area contributed by atoms with Gasteiger partial charge in [0.15, 0.2) is 11.5 Å². The highest BCUT2D eigenvalue weighted by atomic mass is 16.7. The molecule has 0 fully saturated rings. The molecule has 2 rings (SSSR count). The van der Waals surface area contributed by atoms with Crippen molar-refractivity contribution in [1.82, 2.24) is 5.32 Å². The van der Waals surface area contributed by atoms with Gasteiger partial charge in [0.25, 0.3) is 0 Å². The number of hydrogen-bond acceptors (Lipinski definition) is 3. The molecule has 3 nitrogen and oxygen atoms in total. The summed E-state index contributed by atoms with van der Waals surface area (Å²) < 4.78 is 10.6. The van der Waals surface area contributed by atoms with Crippen LogP contribution in [0.3, 0.4) is 0 Å². The number of ether oxygens (including phenoxy) is 2. The highest BCUT2D eigenvalue weighted by Gasteiger charge is 2.32. The normalized spacial score (nSPS) is 16.1. The third-order valence-corrected chi connectivity index (χ3v) is 3.28. The predicted octanol–water partition coefficient (Wildman–Crippen LogP) is -0.610. The maximum atomic E-state index is 6.25. The van der Waals surface area contributed by atoms with E-state index in [-0.39, 0.29) is 6.79 Å². The van der Waals surface area contributed by atoms with Crippen LogP contribution in [0.25, 0.3) is 0 Å². The zero-order chi connectivity index (χ0) is 15.0. The molecule has 0 saturated carbocycles. The summed E-state index contributed by atoms with van der Waals surface area (Å²) in [5, 5.41) is 0.0598. The Balaban J connectivity index is 2.28. The van der Waals surface area contributed by atoms with Crippen LogP contribution in [-0.2, 0) is 5.21 Å². The summed E-state index contributed by atoms with van der Waals surface area (Å²) in [7, 11) is 29.2. The van der Waals surface area contributed by atoms with E-state index in [0.29, 0.717) is 23.5 Å². The van der Waals surface area contributed by atoms with Crippen LogP contribution in [-0.4, -0.2) is 57.3 Å². The lowest BCUT2D eigenvalue weighted by Crippen LogP contribution is -2.59. The van der Waals surface area contributed by atoms with Gasteiger partial charge in [-0.15, -0.1) is 0 Å². The van der Waals surface area contributed by atoms with Crippen LogP contribution in [0, 0.1) is 0 Å². The van der Waals surface area contributed by atoms with E-state index in [1.54, 1.807) is 18.2 Å². The molecule has 1 aromatic carbocycles.